The van der Waals surface area contributed by atoms with Gasteiger partial charge in [0.25, 0.3) is 5.91 Å². The van der Waals surface area contributed by atoms with Gasteiger partial charge in [-0.3, -0.25) is 10.1 Å². The van der Waals surface area contributed by atoms with Crippen molar-refractivity contribution in [2.24, 2.45) is 5.92 Å². The van der Waals surface area contributed by atoms with Crippen LogP contribution in [0.2, 0.25) is 0 Å². The summed E-state index contributed by atoms with van der Waals surface area (Å²) in [6.45, 7) is 2.15. The molecule has 0 aromatic heterocycles. The van der Waals surface area contributed by atoms with Crippen LogP contribution in [0.4, 0.5) is 4.79 Å². The van der Waals surface area contributed by atoms with Crippen molar-refractivity contribution in [3.05, 3.63) is 0 Å². The topological polar surface area (TPSA) is 83.6 Å². The lowest BCUT2D eigenvalue weighted by Crippen LogP contribution is -2.53. The highest BCUT2D eigenvalue weighted by Crippen LogP contribution is 2.39. The molecule has 1 heterocycles. The molecule has 7 heteroatoms. The Bertz CT molecular complexity index is 502. The summed E-state index contributed by atoms with van der Waals surface area (Å²) in [5.74, 6) is -0.00668. The Hall–Kier alpha value is -1.11. The third kappa shape index (κ3) is 2.75. The number of amides is 3. The summed E-state index contributed by atoms with van der Waals surface area (Å²) < 4.78 is 22.5. The lowest BCUT2D eigenvalue weighted by molar-refractivity contribution is -0.129. The van der Waals surface area contributed by atoms with Gasteiger partial charge in [-0.1, -0.05) is 19.8 Å². The number of rotatable bonds is 3. The lowest BCUT2D eigenvalue weighted by Gasteiger charge is -2.40. The van der Waals surface area contributed by atoms with Crippen molar-refractivity contribution in [3.63, 3.8) is 0 Å². The molecule has 0 aromatic carbocycles. The maximum absolute atomic E-state index is 12.1. The minimum absolute atomic E-state index is 0.0864. The normalized spacial score (nSPS) is 31.9. The number of nitrogens with zero attached hydrogens (tertiary/aromatic N) is 1. The molecule has 19 heavy (non-hydrogen) atoms. The first-order valence-electron chi connectivity index (χ1n) is 6.55. The molecule has 3 amide bonds. The Labute approximate surface area is 113 Å². The Morgan fingerprint density at radius 2 is 2.11 bits per heavy atom. The highest BCUT2D eigenvalue weighted by Gasteiger charge is 2.53. The van der Waals surface area contributed by atoms with Gasteiger partial charge < -0.3 is 4.90 Å². The predicted molar refractivity (Wildman–Crippen MR) is 70.3 cm³/mol. The van der Waals surface area contributed by atoms with Crippen molar-refractivity contribution < 1.29 is 18.0 Å². The Balaban J connectivity index is 2.22. The fourth-order valence-corrected chi connectivity index (χ4v) is 3.66. The van der Waals surface area contributed by atoms with Gasteiger partial charge >= 0.3 is 6.03 Å². The number of sulfone groups is 1. The fourth-order valence-electron chi connectivity index (χ4n) is 3.15. The molecular formula is C12H20N2O4S. The van der Waals surface area contributed by atoms with Gasteiger partial charge in [-0.05, 0) is 18.8 Å². The Morgan fingerprint density at radius 3 is 2.68 bits per heavy atom. The van der Waals surface area contributed by atoms with E-state index >= 15 is 0 Å². The zero-order valence-electron chi connectivity index (χ0n) is 11.3. The van der Waals surface area contributed by atoms with Gasteiger partial charge in [0.2, 0.25) is 0 Å². The highest BCUT2D eigenvalue weighted by molar-refractivity contribution is 7.90. The van der Waals surface area contributed by atoms with Gasteiger partial charge in [0.05, 0.1) is 5.75 Å². The van der Waals surface area contributed by atoms with E-state index in [0.717, 1.165) is 19.1 Å². The summed E-state index contributed by atoms with van der Waals surface area (Å²) in [5.41, 5.74) is -0.820. The predicted octanol–water partition coefficient (Wildman–Crippen LogP) is 0.532. The molecule has 2 atom stereocenters. The Kier molecular flexibility index (Phi) is 3.59. The number of hydrogen-bond acceptors (Lipinski definition) is 4. The second-order valence-corrected chi connectivity index (χ2v) is 8.03. The van der Waals surface area contributed by atoms with Crippen molar-refractivity contribution in [1.82, 2.24) is 10.2 Å². The van der Waals surface area contributed by atoms with Crippen molar-refractivity contribution in [3.8, 4) is 0 Å². The van der Waals surface area contributed by atoms with E-state index < -0.39 is 21.4 Å². The van der Waals surface area contributed by atoms with Crippen LogP contribution >= 0.6 is 0 Å². The largest absolute Gasteiger partial charge is 0.325 e. The number of urea groups is 1. The van der Waals surface area contributed by atoms with Crippen molar-refractivity contribution in [1.29, 1.82) is 0 Å². The standard InChI is InChI=1S/C12H20N2O4S/c1-9-4-3-5-12(8-9)10(15)13-11(16)14(12)6-7-19(2,17)18/h9H,3-8H2,1-2H3,(H,13,15,16). The summed E-state index contributed by atoms with van der Waals surface area (Å²) in [6.07, 6.45) is 4.31. The van der Waals surface area contributed by atoms with Crippen molar-refractivity contribution in [2.45, 2.75) is 38.1 Å². The lowest BCUT2D eigenvalue weighted by atomic mass is 9.75. The molecule has 2 rings (SSSR count). The van der Waals surface area contributed by atoms with Crippen LogP contribution in [0.5, 0.6) is 0 Å². The van der Waals surface area contributed by atoms with Crippen LogP contribution in [-0.2, 0) is 14.6 Å². The smallest absolute Gasteiger partial charge is 0.309 e. The molecule has 0 aromatic rings. The van der Waals surface area contributed by atoms with E-state index in [1.165, 1.54) is 4.90 Å². The number of hydrogen-bond donors (Lipinski definition) is 1. The summed E-state index contributed by atoms with van der Waals surface area (Å²) in [4.78, 5) is 25.4. The summed E-state index contributed by atoms with van der Waals surface area (Å²) in [5, 5.41) is 2.34. The molecule has 0 radical (unpaired) electrons. The van der Waals surface area contributed by atoms with Gasteiger partial charge in [0.1, 0.15) is 15.4 Å². The second kappa shape index (κ2) is 4.77. The van der Waals surface area contributed by atoms with Crippen molar-refractivity contribution in [2.75, 3.05) is 18.6 Å². The van der Waals surface area contributed by atoms with E-state index in [4.69, 9.17) is 0 Å². The monoisotopic (exact) mass is 288 g/mol. The van der Waals surface area contributed by atoms with Crippen LogP contribution in [0.25, 0.3) is 0 Å². The van der Waals surface area contributed by atoms with Gasteiger partial charge in [-0.25, -0.2) is 13.2 Å². The minimum atomic E-state index is -3.15. The van der Waals surface area contributed by atoms with Gasteiger partial charge in [-0.2, -0.15) is 0 Å². The molecule has 2 aliphatic rings. The first-order valence-corrected chi connectivity index (χ1v) is 8.61. The molecular weight excluding hydrogens is 268 g/mol. The highest BCUT2D eigenvalue weighted by atomic mass is 32.2. The van der Waals surface area contributed by atoms with E-state index in [0.29, 0.717) is 18.8 Å². The minimum Gasteiger partial charge on any atom is -0.309 e. The quantitative estimate of drug-likeness (QED) is 0.768. The molecule has 1 saturated heterocycles. The SMILES string of the molecule is CC1CCCC2(C1)C(=O)NC(=O)N2CCS(C)(=O)=O. The number of carbonyl (C=O) groups is 2. The molecule has 108 valence electrons. The number of carbonyl (C=O) groups excluding carboxylic acids is 2. The molecule has 1 N–H and O–H groups in total. The van der Waals surface area contributed by atoms with Crippen molar-refractivity contribution >= 4 is 21.8 Å². The first kappa shape index (κ1) is 14.3. The number of imide groups is 1. The molecule has 1 aliphatic heterocycles. The summed E-state index contributed by atoms with van der Waals surface area (Å²) in [6, 6.07) is -0.456. The van der Waals surface area contributed by atoms with Crippen LogP contribution < -0.4 is 5.32 Å². The molecule has 0 bridgehead atoms. The van der Waals surface area contributed by atoms with Crippen LogP contribution in [0.15, 0.2) is 0 Å². The van der Waals surface area contributed by atoms with Gasteiger partial charge in [0.15, 0.2) is 0 Å². The second-order valence-electron chi connectivity index (χ2n) is 5.77. The molecule has 2 unspecified atom stereocenters. The van der Waals surface area contributed by atoms with Gasteiger partial charge in [-0.15, -0.1) is 0 Å². The van der Waals surface area contributed by atoms with E-state index in [9.17, 15) is 18.0 Å². The maximum Gasteiger partial charge on any atom is 0.325 e. The third-order valence-corrected chi connectivity index (χ3v) is 4.99. The maximum atomic E-state index is 12.1. The van der Waals surface area contributed by atoms with Crippen LogP contribution in [0.3, 0.4) is 0 Å². The average Bonchev–Trinajstić information content (AvgIpc) is 2.47. The molecule has 1 aliphatic carbocycles. The summed E-state index contributed by atoms with van der Waals surface area (Å²) in [7, 11) is -3.15. The molecule has 1 saturated carbocycles. The van der Waals surface area contributed by atoms with E-state index in [1.807, 2.05) is 0 Å². The average molecular weight is 288 g/mol. The zero-order valence-corrected chi connectivity index (χ0v) is 12.1. The van der Waals surface area contributed by atoms with Crippen LogP contribution in [0.1, 0.15) is 32.6 Å². The van der Waals surface area contributed by atoms with Gasteiger partial charge in [0, 0.05) is 12.8 Å². The third-order valence-electron chi connectivity index (χ3n) is 4.06. The fraction of sp³-hybridized carbons (Fsp3) is 0.833. The van der Waals surface area contributed by atoms with E-state index in [1.54, 1.807) is 0 Å². The van der Waals surface area contributed by atoms with E-state index in [2.05, 4.69) is 12.2 Å². The molecule has 1 spiro atoms. The Morgan fingerprint density at radius 1 is 1.42 bits per heavy atom. The van der Waals surface area contributed by atoms with E-state index in [-0.39, 0.29) is 18.2 Å². The molecule has 6 nitrogen and oxygen atoms in total. The molecule has 2 fully saturated rings. The zero-order chi connectivity index (χ0) is 14.3. The van der Waals surface area contributed by atoms with Crippen LogP contribution in [0, 0.1) is 5.92 Å². The number of nitrogens with one attached hydrogen (secondary N) is 1. The first-order chi connectivity index (χ1) is 8.74. The van der Waals surface area contributed by atoms with Crippen LogP contribution in [-0.4, -0.2) is 49.3 Å². The summed E-state index contributed by atoms with van der Waals surface area (Å²) >= 11 is 0.